The highest BCUT2D eigenvalue weighted by atomic mass is 14.9. The molecule has 0 spiro atoms. The van der Waals surface area contributed by atoms with Crippen molar-refractivity contribution in [3.8, 4) is 0 Å². The van der Waals surface area contributed by atoms with Gasteiger partial charge in [0.15, 0.2) is 0 Å². The van der Waals surface area contributed by atoms with E-state index in [1.54, 1.807) is 0 Å². The summed E-state index contributed by atoms with van der Waals surface area (Å²) in [7, 11) is 0. The Morgan fingerprint density at radius 2 is 1.88 bits per heavy atom. The van der Waals surface area contributed by atoms with Crippen molar-refractivity contribution < 1.29 is 0 Å². The van der Waals surface area contributed by atoms with Crippen LogP contribution in [0.1, 0.15) is 26.2 Å². The summed E-state index contributed by atoms with van der Waals surface area (Å²) in [4.78, 5) is 0. The second kappa shape index (κ2) is 4.40. The number of fused-ring (bicyclic) bond motifs is 1. The van der Waals surface area contributed by atoms with Gasteiger partial charge in [-0.25, -0.2) is 0 Å². The number of rotatable bonds is 4. The normalized spacial score (nSPS) is 17.0. The van der Waals surface area contributed by atoms with Gasteiger partial charge in [0.05, 0.1) is 0 Å². The van der Waals surface area contributed by atoms with Crippen LogP contribution in [0.5, 0.6) is 0 Å². The minimum absolute atomic E-state index is 0.577. The van der Waals surface area contributed by atoms with Gasteiger partial charge in [0.1, 0.15) is 0 Å². The maximum absolute atomic E-state index is 3.66. The highest BCUT2D eigenvalue weighted by molar-refractivity contribution is 5.93. The fourth-order valence-corrected chi connectivity index (χ4v) is 2.53. The fraction of sp³-hybridized carbons (Fsp3) is 0.375. The molecule has 0 amide bonds. The summed E-state index contributed by atoms with van der Waals surface area (Å²) in [6, 6.07) is 15.6. The average molecular weight is 225 g/mol. The molecule has 1 fully saturated rings. The first-order chi connectivity index (χ1) is 8.33. The lowest BCUT2D eigenvalue weighted by Crippen LogP contribution is -2.15. The highest BCUT2D eigenvalue weighted by Crippen LogP contribution is 2.34. The SMILES string of the molecule is CC(CC1CC1)Nc1cccc2ccccc12. The molecule has 1 nitrogen and oxygen atoms in total. The van der Waals surface area contributed by atoms with Gasteiger partial charge < -0.3 is 5.32 Å². The molecule has 0 aliphatic heterocycles. The smallest absolute Gasteiger partial charge is 0.0421 e. The lowest BCUT2D eigenvalue weighted by molar-refractivity contribution is 0.643. The van der Waals surface area contributed by atoms with E-state index >= 15 is 0 Å². The average Bonchev–Trinajstić information content (AvgIpc) is 3.13. The second-order valence-electron chi connectivity index (χ2n) is 5.25. The molecule has 1 unspecified atom stereocenters. The summed E-state index contributed by atoms with van der Waals surface area (Å²) in [5, 5.41) is 6.30. The van der Waals surface area contributed by atoms with Crippen LogP contribution in [-0.4, -0.2) is 6.04 Å². The molecule has 1 aliphatic rings. The lowest BCUT2D eigenvalue weighted by atomic mass is 10.1. The van der Waals surface area contributed by atoms with Crippen molar-refractivity contribution in [2.45, 2.75) is 32.2 Å². The van der Waals surface area contributed by atoms with Crippen LogP contribution in [0.3, 0.4) is 0 Å². The Kier molecular flexibility index (Phi) is 2.76. The van der Waals surface area contributed by atoms with Gasteiger partial charge in [-0.05, 0) is 30.7 Å². The third-order valence-corrected chi connectivity index (χ3v) is 3.58. The van der Waals surface area contributed by atoms with E-state index in [1.165, 1.54) is 35.7 Å². The molecular weight excluding hydrogens is 206 g/mol. The van der Waals surface area contributed by atoms with Gasteiger partial charge >= 0.3 is 0 Å². The molecule has 88 valence electrons. The Balaban J connectivity index is 1.83. The van der Waals surface area contributed by atoms with Gasteiger partial charge in [-0.2, -0.15) is 0 Å². The Hall–Kier alpha value is -1.50. The van der Waals surface area contributed by atoms with Crippen molar-refractivity contribution in [3.05, 3.63) is 42.5 Å². The van der Waals surface area contributed by atoms with E-state index in [2.05, 4.69) is 54.7 Å². The first kappa shape index (κ1) is 10.6. The predicted octanol–water partition coefficient (Wildman–Crippen LogP) is 4.44. The van der Waals surface area contributed by atoms with E-state index in [0.717, 1.165) is 5.92 Å². The Morgan fingerprint density at radius 3 is 2.71 bits per heavy atom. The van der Waals surface area contributed by atoms with Crippen molar-refractivity contribution >= 4 is 16.5 Å². The molecule has 0 saturated heterocycles. The Bertz CT molecular complexity index is 508. The van der Waals surface area contributed by atoms with Crippen molar-refractivity contribution in [1.29, 1.82) is 0 Å². The van der Waals surface area contributed by atoms with Crippen LogP contribution >= 0.6 is 0 Å². The summed E-state index contributed by atoms with van der Waals surface area (Å²) in [5.41, 5.74) is 1.27. The van der Waals surface area contributed by atoms with Crippen LogP contribution in [0.25, 0.3) is 10.8 Å². The van der Waals surface area contributed by atoms with Gasteiger partial charge in [0.25, 0.3) is 0 Å². The molecular formula is C16H19N. The number of benzene rings is 2. The van der Waals surface area contributed by atoms with Gasteiger partial charge in [-0.1, -0.05) is 49.2 Å². The van der Waals surface area contributed by atoms with E-state index < -0.39 is 0 Å². The van der Waals surface area contributed by atoms with E-state index in [9.17, 15) is 0 Å². The summed E-state index contributed by atoms with van der Waals surface area (Å²) in [6.45, 7) is 2.29. The van der Waals surface area contributed by atoms with Crippen molar-refractivity contribution in [3.63, 3.8) is 0 Å². The van der Waals surface area contributed by atoms with Crippen LogP contribution in [0.2, 0.25) is 0 Å². The molecule has 1 atom stereocenters. The number of nitrogens with one attached hydrogen (secondary N) is 1. The third kappa shape index (κ3) is 2.44. The third-order valence-electron chi connectivity index (χ3n) is 3.58. The minimum atomic E-state index is 0.577. The summed E-state index contributed by atoms with van der Waals surface area (Å²) < 4.78 is 0. The van der Waals surface area contributed by atoms with Gasteiger partial charge in [0, 0.05) is 17.1 Å². The van der Waals surface area contributed by atoms with Crippen LogP contribution in [-0.2, 0) is 0 Å². The summed E-state index contributed by atoms with van der Waals surface area (Å²) in [5.74, 6) is 0.979. The summed E-state index contributed by atoms with van der Waals surface area (Å²) >= 11 is 0. The zero-order valence-corrected chi connectivity index (χ0v) is 10.3. The molecule has 1 N–H and O–H groups in total. The maximum atomic E-state index is 3.66. The van der Waals surface area contributed by atoms with Crippen LogP contribution in [0, 0.1) is 5.92 Å². The molecule has 0 bridgehead atoms. The van der Waals surface area contributed by atoms with Crippen LogP contribution in [0.15, 0.2) is 42.5 Å². The predicted molar refractivity (Wildman–Crippen MR) is 74.4 cm³/mol. The molecule has 0 heterocycles. The Labute approximate surface area is 103 Å². The fourth-order valence-electron chi connectivity index (χ4n) is 2.53. The van der Waals surface area contributed by atoms with Crippen molar-refractivity contribution in [2.75, 3.05) is 5.32 Å². The number of anilines is 1. The molecule has 0 radical (unpaired) electrons. The molecule has 0 aromatic heterocycles. The van der Waals surface area contributed by atoms with E-state index in [1.807, 2.05) is 0 Å². The zero-order valence-electron chi connectivity index (χ0n) is 10.3. The van der Waals surface area contributed by atoms with E-state index in [-0.39, 0.29) is 0 Å². The molecule has 1 saturated carbocycles. The minimum Gasteiger partial charge on any atom is -0.382 e. The molecule has 17 heavy (non-hydrogen) atoms. The first-order valence-electron chi connectivity index (χ1n) is 6.57. The Morgan fingerprint density at radius 1 is 1.12 bits per heavy atom. The number of hydrogen-bond acceptors (Lipinski definition) is 1. The van der Waals surface area contributed by atoms with Crippen LogP contribution < -0.4 is 5.32 Å². The number of hydrogen-bond donors (Lipinski definition) is 1. The van der Waals surface area contributed by atoms with E-state index in [4.69, 9.17) is 0 Å². The molecule has 1 heteroatoms. The monoisotopic (exact) mass is 225 g/mol. The van der Waals surface area contributed by atoms with Gasteiger partial charge in [-0.3, -0.25) is 0 Å². The standard InChI is InChI=1S/C16H19N/c1-12(11-13-9-10-13)17-16-8-4-6-14-5-2-3-7-15(14)16/h2-8,12-13,17H,9-11H2,1H3. The maximum Gasteiger partial charge on any atom is 0.0421 e. The zero-order chi connectivity index (χ0) is 11.7. The topological polar surface area (TPSA) is 12.0 Å². The molecule has 1 aliphatic carbocycles. The van der Waals surface area contributed by atoms with Crippen LogP contribution in [0.4, 0.5) is 5.69 Å². The largest absolute Gasteiger partial charge is 0.382 e. The quantitative estimate of drug-likeness (QED) is 0.811. The van der Waals surface area contributed by atoms with Gasteiger partial charge in [-0.15, -0.1) is 0 Å². The van der Waals surface area contributed by atoms with Gasteiger partial charge in [0.2, 0.25) is 0 Å². The lowest BCUT2D eigenvalue weighted by Gasteiger charge is -2.16. The molecule has 2 aromatic rings. The van der Waals surface area contributed by atoms with Crippen molar-refractivity contribution in [1.82, 2.24) is 0 Å². The summed E-state index contributed by atoms with van der Waals surface area (Å²) in [6.07, 6.45) is 4.17. The van der Waals surface area contributed by atoms with E-state index in [0.29, 0.717) is 6.04 Å². The molecule has 2 aromatic carbocycles. The molecule has 3 rings (SSSR count). The highest BCUT2D eigenvalue weighted by Gasteiger charge is 2.23. The second-order valence-corrected chi connectivity index (χ2v) is 5.25. The van der Waals surface area contributed by atoms with Crippen molar-refractivity contribution in [2.24, 2.45) is 5.92 Å². The first-order valence-corrected chi connectivity index (χ1v) is 6.57.